The van der Waals surface area contributed by atoms with Gasteiger partial charge in [0.15, 0.2) is 5.78 Å². The highest BCUT2D eigenvalue weighted by atomic mass is 16.2. The SMILES string of the molecule is C=CC/C(N)=C/C(=C)C(=O)CN1C(=O)N(C)C(C)(C2CCCCC2)C1=O. The summed E-state index contributed by atoms with van der Waals surface area (Å²) in [7, 11) is 1.65. The van der Waals surface area contributed by atoms with Crippen LogP contribution in [0.15, 0.2) is 36.6 Å². The van der Waals surface area contributed by atoms with E-state index in [0.717, 1.165) is 30.6 Å². The van der Waals surface area contributed by atoms with Crippen LogP contribution in [0.5, 0.6) is 0 Å². The third kappa shape index (κ3) is 3.59. The quantitative estimate of drug-likeness (QED) is 0.328. The molecule has 0 spiro atoms. The van der Waals surface area contributed by atoms with Crippen molar-refractivity contribution in [2.24, 2.45) is 11.7 Å². The summed E-state index contributed by atoms with van der Waals surface area (Å²) in [5.74, 6) is -0.551. The minimum absolute atomic E-state index is 0.129. The Morgan fingerprint density at radius 2 is 1.92 bits per heavy atom. The molecule has 2 rings (SSSR count). The van der Waals surface area contributed by atoms with Crippen molar-refractivity contribution in [3.63, 3.8) is 0 Å². The van der Waals surface area contributed by atoms with Crippen molar-refractivity contribution >= 4 is 17.7 Å². The van der Waals surface area contributed by atoms with Gasteiger partial charge in [0, 0.05) is 24.7 Å². The van der Waals surface area contributed by atoms with Crippen LogP contribution in [0.3, 0.4) is 0 Å². The Bertz CT molecular complexity index is 661. The molecule has 6 nitrogen and oxygen atoms in total. The number of likely N-dealkylation sites (N-methyl/N-ethyl adjacent to an activating group) is 1. The second-order valence-corrected chi connectivity index (χ2v) is 7.38. The summed E-state index contributed by atoms with van der Waals surface area (Å²) in [6, 6.07) is -0.424. The molecule has 1 saturated carbocycles. The maximum Gasteiger partial charge on any atom is 0.327 e. The van der Waals surface area contributed by atoms with Crippen LogP contribution in [0, 0.1) is 5.92 Å². The highest BCUT2D eigenvalue weighted by Gasteiger charge is 2.56. The van der Waals surface area contributed by atoms with E-state index in [9.17, 15) is 14.4 Å². The highest BCUT2D eigenvalue weighted by Crippen LogP contribution is 2.40. The number of nitrogens with zero attached hydrogens (tertiary/aromatic N) is 2. The molecule has 6 heteroatoms. The van der Waals surface area contributed by atoms with Crippen LogP contribution in [0.25, 0.3) is 0 Å². The molecule has 1 aliphatic heterocycles. The highest BCUT2D eigenvalue weighted by molar-refractivity contribution is 6.11. The molecule has 3 amide bonds. The standard InChI is InChI=1S/C20H29N3O3/c1-5-9-16(21)12-14(2)17(24)13-23-18(25)20(3,22(4)19(23)26)15-10-7-6-8-11-15/h5,12,15H,1-2,6-11,13,21H2,3-4H3/b16-12-. The Hall–Kier alpha value is -2.37. The predicted octanol–water partition coefficient (Wildman–Crippen LogP) is 2.76. The van der Waals surface area contributed by atoms with Crippen LogP contribution in [0.2, 0.25) is 0 Å². The van der Waals surface area contributed by atoms with Crippen LogP contribution in [0.1, 0.15) is 45.4 Å². The van der Waals surface area contributed by atoms with Gasteiger partial charge in [0.25, 0.3) is 5.91 Å². The second kappa shape index (κ2) is 7.89. The number of imide groups is 1. The molecule has 1 atom stereocenters. The van der Waals surface area contributed by atoms with Crippen molar-refractivity contribution < 1.29 is 14.4 Å². The first kappa shape index (κ1) is 19.9. The van der Waals surface area contributed by atoms with Gasteiger partial charge in [-0.15, -0.1) is 6.58 Å². The maximum absolute atomic E-state index is 13.1. The average molecular weight is 359 g/mol. The van der Waals surface area contributed by atoms with Crippen molar-refractivity contribution in [3.8, 4) is 0 Å². The molecule has 1 heterocycles. The number of hydrogen-bond acceptors (Lipinski definition) is 4. The van der Waals surface area contributed by atoms with Gasteiger partial charge in [0.2, 0.25) is 0 Å². The number of hydrogen-bond donors (Lipinski definition) is 1. The first-order valence-corrected chi connectivity index (χ1v) is 9.12. The van der Waals surface area contributed by atoms with E-state index in [1.54, 1.807) is 13.1 Å². The minimum atomic E-state index is -0.878. The van der Waals surface area contributed by atoms with Crippen molar-refractivity contribution in [3.05, 3.63) is 36.6 Å². The van der Waals surface area contributed by atoms with E-state index < -0.39 is 11.6 Å². The smallest absolute Gasteiger partial charge is 0.327 e. The zero-order chi connectivity index (χ0) is 19.5. The van der Waals surface area contributed by atoms with Gasteiger partial charge < -0.3 is 10.6 Å². The van der Waals surface area contributed by atoms with Crippen LogP contribution in [-0.4, -0.2) is 46.7 Å². The summed E-state index contributed by atoms with van der Waals surface area (Å²) >= 11 is 0. The molecule has 142 valence electrons. The summed E-state index contributed by atoms with van der Waals surface area (Å²) < 4.78 is 0. The summed E-state index contributed by atoms with van der Waals surface area (Å²) in [5, 5.41) is 0. The summed E-state index contributed by atoms with van der Waals surface area (Å²) in [6.07, 6.45) is 8.69. The number of nitrogens with two attached hydrogens (primary N) is 1. The number of carbonyl (C=O) groups excluding carboxylic acids is 3. The zero-order valence-electron chi connectivity index (χ0n) is 15.8. The molecule has 0 radical (unpaired) electrons. The molecular formula is C20H29N3O3. The third-order valence-corrected chi connectivity index (χ3v) is 5.69. The van der Waals surface area contributed by atoms with Gasteiger partial charge in [-0.1, -0.05) is 31.9 Å². The number of Topliss-reactive ketones (excluding diaryl/α,β-unsaturated/α-hetero) is 1. The Labute approximate surface area is 155 Å². The minimum Gasteiger partial charge on any atom is -0.402 e. The Balaban J connectivity index is 2.15. The zero-order valence-corrected chi connectivity index (χ0v) is 15.8. The Morgan fingerprint density at radius 3 is 2.50 bits per heavy atom. The van der Waals surface area contributed by atoms with Gasteiger partial charge in [0.05, 0.1) is 6.54 Å². The summed E-state index contributed by atoms with van der Waals surface area (Å²) in [5.41, 5.74) is 5.53. The van der Waals surface area contributed by atoms with Gasteiger partial charge in [-0.05, 0) is 31.8 Å². The monoisotopic (exact) mass is 359 g/mol. The lowest BCUT2D eigenvalue weighted by atomic mass is 9.75. The molecule has 0 aromatic heterocycles. The van der Waals surface area contributed by atoms with E-state index in [0.29, 0.717) is 12.1 Å². The molecule has 2 aliphatic rings. The van der Waals surface area contributed by atoms with E-state index in [2.05, 4.69) is 13.2 Å². The van der Waals surface area contributed by atoms with E-state index in [4.69, 9.17) is 5.73 Å². The first-order chi connectivity index (χ1) is 12.2. The van der Waals surface area contributed by atoms with Crippen molar-refractivity contribution in [2.45, 2.75) is 51.0 Å². The number of urea groups is 1. The van der Waals surface area contributed by atoms with E-state index in [1.165, 1.54) is 17.4 Å². The number of allylic oxidation sites excluding steroid dienone is 2. The summed E-state index contributed by atoms with van der Waals surface area (Å²) in [4.78, 5) is 40.7. The maximum atomic E-state index is 13.1. The molecule has 1 saturated heterocycles. The molecule has 2 fully saturated rings. The first-order valence-electron chi connectivity index (χ1n) is 9.12. The fourth-order valence-electron chi connectivity index (χ4n) is 3.91. The van der Waals surface area contributed by atoms with Crippen molar-refractivity contribution in [1.29, 1.82) is 0 Å². The Morgan fingerprint density at radius 1 is 1.31 bits per heavy atom. The normalized spacial score (nSPS) is 24.9. The molecule has 0 aromatic rings. The van der Waals surface area contributed by atoms with Gasteiger partial charge in [-0.3, -0.25) is 14.5 Å². The van der Waals surface area contributed by atoms with Crippen LogP contribution >= 0.6 is 0 Å². The lowest BCUT2D eigenvalue weighted by Gasteiger charge is -2.38. The fourth-order valence-corrected chi connectivity index (χ4v) is 3.91. The van der Waals surface area contributed by atoms with Crippen molar-refractivity contribution in [2.75, 3.05) is 13.6 Å². The topological polar surface area (TPSA) is 83.7 Å². The summed E-state index contributed by atoms with van der Waals surface area (Å²) in [6.45, 7) is 8.82. The largest absolute Gasteiger partial charge is 0.402 e. The molecule has 1 unspecified atom stereocenters. The third-order valence-electron chi connectivity index (χ3n) is 5.69. The molecule has 0 aromatic carbocycles. The fraction of sp³-hybridized carbons (Fsp3) is 0.550. The van der Waals surface area contributed by atoms with E-state index in [-0.39, 0.29) is 29.7 Å². The number of amides is 3. The number of rotatable bonds is 7. The number of carbonyl (C=O) groups is 3. The van der Waals surface area contributed by atoms with Gasteiger partial charge in [-0.25, -0.2) is 4.79 Å². The molecule has 2 N–H and O–H groups in total. The van der Waals surface area contributed by atoms with Gasteiger partial charge in [0.1, 0.15) is 5.54 Å². The average Bonchev–Trinajstić information content (AvgIpc) is 2.78. The lowest BCUT2D eigenvalue weighted by Crippen LogP contribution is -2.52. The number of ketones is 1. The van der Waals surface area contributed by atoms with Gasteiger partial charge >= 0.3 is 6.03 Å². The van der Waals surface area contributed by atoms with E-state index in [1.807, 2.05) is 6.92 Å². The molecule has 26 heavy (non-hydrogen) atoms. The molecule has 0 bridgehead atoms. The molecular weight excluding hydrogens is 330 g/mol. The van der Waals surface area contributed by atoms with Crippen LogP contribution in [-0.2, 0) is 9.59 Å². The van der Waals surface area contributed by atoms with Gasteiger partial charge in [-0.2, -0.15) is 0 Å². The molecule has 1 aliphatic carbocycles. The van der Waals surface area contributed by atoms with Crippen molar-refractivity contribution in [1.82, 2.24) is 9.80 Å². The Kier molecular flexibility index (Phi) is 6.05. The second-order valence-electron chi connectivity index (χ2n) is 7.38. The van der Waals surface area contributed by atoms with Crippen LogP contribution < -0.4 is 5.73 Å². The predicted molar refractivity (Wildman–Crippen MR) is 101 cm³/mol. The van der Waals surface area contributed by atoms with E-state index >= 15 is 0 Å². The van der Waals surface area contributed by atoms with Crippen LogP contribution in [0.4, 0.5) is 4.79 Å². The lowest BCUT2D eigenvalue weighted by molar-refractivity contribution is -0.137.